The predicted molar refractivity (Wildman–Crippen MR) is 110 cm³/mol. The third-order valence-electron chi connectivity index (χ3n) is 4.41. The molecule has 0 aliphatic carbocycles. The predicted octanol–water partition coefficient (Wildman–Crippen LogP) is 3.26. The van der Waals surface area contributed by atoms with E-state index in [0.717, 1.165) is 0 Å². The Hall–Kier alpha value is -4.08. The van der Waals surface area contributed by atoms with Gasteiger partial charge in [0, 0.05) is 43.3 Å². The lowest BCUT2D eigenvalue weighted by atomic mass is 10.1. The van der Waals surface area contributed by atoms with Crippen LogP contribution in [-0.2, 0) is 7.05 Å². The molecule has 1 heterocycles. The van der Waals surface area contributed by atoms with E-state index in [1.54, 1.807) is 41.2 Å². The van der Waals surface area contributed by atoms with Gasteiger partial charge >= 0.3 is 6.03 Å². The number of methoxy groups -OCH3 is 2. The van der Waals surface area contributed by atoms with Crippen LogP contribution in [0, 0.1) is 10.1 Å². The lowest BCUT2D eigenvalue weighted by molar-refractivity contribution is -0.384. The van der Waals surface area contributed by atoms with Crippen LogP contribution in [-0.4, -0.2) is 34.7 Å². The van der Waals surface area contributed by atoms with Crippen molar-refractivity contribution >= 4 is 17.4 Å². The molecule has 1 aromatic heterocycles. The highest BCUT2D eigenvalue weighted by molar-refractivity contribution is 5.90. The number of urea groups is 1. The highest BCUT2D eigenvalue weighted by atomic mass is 16.6. The van der Waals surface area contributed by atoms with Crippen molar-refractivity contribution in [1.29, 1.82) is 0 Å². The Morgan fingerprint density at radius 3 is 2.43 bits per heavy atom. The molecule has 0 saturated carbocycles. The van der Waals surface area contributed by atoms with Gasteiger partial charge in [-0.15, -0.1) is 0 Å². The molecule has 0 aliphatic heterocycles. The minimum Gasteiger partial charge on any atom is -0.497 e. The fourth-order valence-electron chi connectivity index (χ4n) is 2.94. The van der Waals surface area contributed by atoms with E-state index in [4.69, 9.17) is 9.47 Å². The number of imidazole rings is 1. The van der Waals surface area contributed by atoms with E-state index in [-0.39, 0.29) is 5.69 Å². The number of aromatic nitrogens is 2. The normalized spacial score (nSPS) is 11.4. The number of ether oxygens (including phenoxy) is 2. The number of nitro benzene ring substituents is 1. The number of nitrogens with one attached hydrogen (secondary N) is 2. The third-order valence-corrected chi connectivity index (χ3v) is 4.41. The number of nitrogens with zero attached hydrogens (tertiary/aromatic N) is 3. The molecule has 156 valence electrons. The molecule has 0 radical (unpaired) electrons. The van der Waals surface area contributed by atoms with Crippen molar-refractivity contribution in [3.8, 4) is 11.5 Å². The number of carbonyl (C=O) groups is 1. The Balaban J connectivity index is 1.91. The van der Waals surface area contributed by atoms with Crippen LogP contribution in [0.3, 0.4) is 0 Å². The Morgan fingerprint density at radius 1 is 1.17 bits per heavy atom. The lowest BCUT2D eigenvalue weighted by Crippen LogP contribution is -2.34. The Morgan fingerprint density at radius 2 is 1.87 bits per heavy atom. The number of rotatable bonds is 7. The number of aryl methyl sites for hydroxylation is 1. The zero-order chi connectivity index (χ0) is 21.7. The number of nitro groups is 1. The Kier molecular flexibility index (Phi) is 6.16. The van der Waals surface area contributed by atoms with Gasteiger partial charge in [0.25, 0.3) is 5.69 Å². The van der Waals surface area contributed by atoms with Gasteiger partial charge in [-0.1, -0.05) is 6.07 Å². The van der Waals surface area contributed by atoms with Gasteiger partial charge in [0.2, 0.25) is 0 Å². The number of hydrogen-bond donors (Lipinski definition) is 2. The van der Waals surface area contributed by atoms with Crippen LogP contribution in [0.15, 0.2) is 54.9 Å². The second-order valence-corrected chi connectivity index (χ2v) is 6.38. The molecule has 0 aliphatic rings. The maximum atomic E-state index is 12.7. The van der Waals surface area contributed by atoms with E-state index in [2.05, 4.69) is 15.6 Å². The standard InChI is InChI=1S/C20H21N5O5/c1-24-8-7-21-19(24)18(13-9-16(29-2)12-17(10-13)30-3)23-20(26)22-14-5-4-6-15(11-14)25(27)28/h4-12,18H,1-3H3,(H2,22,23,26). The van der Waals surface area contributed by atoms with Gasteiger partial charge in [-0.3, -0.25) is 10.1 Å². The zero-order valence-corrected chi connectivity index (χ0v) is 16.7. The van der Waals surface area contributed by atoms with Crippen LogP contribution < -0.4 is 20.1 Å². The van der Waals surface area contributed by atoms with Crippen molar-refractivity contribution in [2.45, 2.75) is 6.04 Å². The van der Waals surface area contributed by atoms with E-state index in [1.807, 2.05) is 7.05 Å². The van der Waals surface area contributed by atoms with Crippen molar-refractivity contribution in [2.75, 3.05) is 19.5 Å². The van der Waals surface area contributed by atoms with E-state index in [9.17, 15) is 14.9 Å². The first-order valence-electron chi connectivity index (χ1n) is 8.93. The van der Waals surface area contributed by atoms with Crippen molar-refractivity contribution in [2.24, 2.45) is 7.05 Å². The summed E-state index contributed by atoms with van der Waals surface area (Å²) in [5.41, 5.74) is 0.865. The zero-order valence-electron chi connectivity index (χ0n) is 16.7. The van der Waals surface area contributed by atoms with Gasteiger partial charge in [0.1, 0.15) is 23.4 Å². The Labute approximate surface area is 172 Å². The molecule has 3 rings (SSSR count). The number of anilines is 1. The summed E-state index contributed by atoms with van der Waals surface area (Å²) in [4.78, 5) is 27.5. The van der Waals surface area contributed by atoms with Crippen molar-refractivity contribution in [3.05, 3.63) is 76.4 Å². The molecule has 0 fully saturated rings. The fraction of sp³-hybridized carbons (Fsp3) is 0.200. The fourth-order valence-corrected chi connectivity index (χ4v) is 2.94. The molecule has 2 amide bonds. The van der Waals surface area contributed by atoms with Gasteiger partial charge in [-0.25, -0.2) is 9.78 Å². The molecule has 0 bridgehead atoms. The summed E-state index contributed by atoms with van der Waals surface area (Å²) in [5, 5.41) is 16.4. The highest BCUT2D eigenvalue weighted by Crippen LogP contribution is 2.29. The number of benzene rings is 2. The maximum absolute atomic E-state index is 12.7. The molecule has 0 saturated heterocycles. The molecule has 1 atom stereocenters. The topological polar surface area (TPSA) is 121 Å². The van der Waals surface area contributed by atoms with E-state index < -0.39 is 17.0 Å². The first kappa shape index (κ1) is 20.6. The molecule has 3 aromatic rings. The summed E-state index contributed by atoms with van der Waals surface area (Å²) >= 11 is 0. The van der Waals surface area contributed by atoms with Gasteiger partial charge in [-0.05, 0) is 23.8 Å². The molecule has 10 nitrogen and oxygen atoms in total. The van der Waals surface area contributed by atoms with Gasteiger partial charge in [0.15, 0.2) is 0 Å². The highest BCUT2D eigenvalue weighted by Gasteiger charge is 2.22. The first-order valence-corrected chi connectivity index (χ1v) is 8.93. The monoisotopic (exact) mass is 411 g/mol. The Bertz CT molecular complexity index is 1040. The summed E-state index contributed by atoms with van der Waals surface area (Å²) in [7, 11) is 4.89. The van der Waals surface area contributed by atoms with Gasteiger partial charge in [-0.2, -0.15) is 0 Å². The smallest absolute Gasteiger partial charge is 0.320 e. The van der Waals surface area contributed by atoms with Crippen LogP contribution >= 0.6 is 0 Å². The molecule has 10 heteroatoms. The summed E-state index contributed by atoms with van der Waals surface area (Å²) in [6, 6.07) is 9.78. The molecule has 0 spiro atoms. The molecule has 2 N–H and O–H groups in total. The summed E-state index contributed by atoms with van der Waals surface area (Å²) < 4.78 is 12.4. The average molecular weight is 411 g/mol. The average Bonchev–Trinajstić information content (AvgIpc) is 3.17. The number of non-ortho nitro benzene ring substituents is 1. The number of carbonyl (C=O) groups excluding carboxylic acids is 1. The van der Waals surface area contributed by atoms with Crippen LogP contribution in [0.1, 0.15) is 17.4 Å². The maximum Gasteiger partial charge on any atom is 0.320 e. The second-order valence-electron chi connectivity index (χ2n) is 6.38. The lowest BCUT2D eigenvalue weighted by Gasteiger charge is -2.21. The third kappa shape index (κ3) is 4.66. The van der Waals surface area contributed by atoms with Crippen LogP contribution in [0.2, 0.25) is 0 Å². The van der Waals surface area contributed by atoms with E-state index in [0.29, 0.717) is 28.6 Å². The number of amides is 2. The van der Waals surface area contributed by atoms with Crippen LogP contribution in [0.25, 0.3) is 0 Å². The van der Waals surface area contributed by atoms with E-state index >= 15 is 0 Å². The van der Waals surface area contributed by atoms with Crippen LogP contribution in [0.5, 0.6) is 11.5 Å². The molecular weight excluding hydrogens is 390 g/mol. The van der Waals surface area contributed by atoms with Crippen molar-refractivity contribution in [1.82, 2.24) is 14.9 Å². The SMILES string of the molecule is COc1cc(OC)cc(C(NC(=O)Nc2cccc([N+](=O)[O-])c2)c2nccn2C)c1. The summed E-state index contributed by atoms with van der Waals surface area (Å²) in [6.07, 6.45) is 3.39. The molecule has 2 aromatic carbocycles. The summed E-state index contributed by atoms with van der Waals surface area (Å²) in [5.74, 6) is 1.70. The summed E-state index contributed by atoms with van der Waals surface area (Å²) in [6.45, 7) is 0. The minimum atomic E-state index is -0.632. The molecular formula is C20H21N5O5. The van der Waals surface area contributed by atoms with Gasteiger partial charge in [0.05, 0.1) is 19.1 Å². The first-order chi connectivity index (χ1) is 14.4. The van der Waals surface area contributed by atoms with Crippen molar-refractivity contribution in [3.63, 3.8) is 0 Å². The second kappa shape index (κ2) is 8.95. The number of hydrogen-bond acceptors (Lipinski definition) is 6. The minimum absolute atomic E-state index is 0.119. The molecule has 1 unspecified atom stereocenters. The van der Waals surface area contributed by atoms with Crippen molar-refractivity contribution < 1.29 is 19.2 Å². The quantitative estimate of drug-likeness (QED) is 0.455. The molecule has 30 heavy (non-hydrogen) atoms. The largest absolute Gasteiger partial charge is 0.497 e. The van der Waals surface area contributed by atoms with Gasteiger partial charge < -0.3 is 24.7 Å². The van der Waals surface area contributed by atoms with E-state index in [1.165, 1.54) is 32.4 Å². The van der Waals surface area contributed by atoms with Crippen LogP contribution in [0.4, 0.5) is 16.2 Å².